The van der Waals surface area contributed by atoms with Crippen LogP contribution in [0.2, 0.25) is 0 Å². The molecule has 156 valence electrons. The fourth-order valence-electron chi connectivity index (χ4n) is 5.37. The van der Waals surface area contributed by atoms with Crippen LogP contribution in [0.4, 0.5) is 4.39 Å². The van der Waals surface area contributed by atoms with Gasteiger partial charge >= 0.3 is 0 Å². The molecule has 1 N–H and O–H groups in total. The average molecular weight is 415 g/mol. The van der Waals surface area contributed by atoms with E-state index in [0.29, 0.717) is 11.0 Å². The summed E-state index contributed by atoms with van der Waals surface area (Å²) in [6, 6.07) is 11.8. The largest absolute Gasteiger partial charge is 0.346 e. The van der Waals surface area contributed by atoms with Gasteiger partial charge in [0.05, 0.1) is 28.4 Å². The highest BCUT2D eigenvalue weighted by Gasteiger charge is 2.44. The first-order chi connectivity index (χ1) is 15.1. The van der Waals surface area contributed by atoms with Crippen LogP contribution in [0.15, 0.2) is 48.8 Å². The standard InChI is InChI=1S/C24H22FN5O/c1-29-22(14-6-3-2-4-7-14)17-12-15-8-5-9-19(21(17)28-29)30(15)24(31)18-13-27-23-16(20(18)25)10-11-26-23/h2-4,6-7,10-11,13,15,19H,5,8-9,12H2,1H3,(H,26,27)/t15-,19+/m1/s1. The second-order valence-electron chi connectivity index (χ2n) is 8.44. The van der Waals surface area contributed by atoms with E-state index >= 15 is 4.39 Å². The molecule has 2 aliphatic heterocycles. The number of carbonyl (C=O) groups excluding carboxylic acids is 1. The van der Waals surface area contributed by atoms with Crippen LogP contribution in [0.5, 0.6) is 0 Å². The molecule has 5 heterocycles. The summed E-state index contributed by atoms with van der Waals surface area (Å²) in [4.78, 5) is 22.6. The fourth-order valence-corrected chi connectivity index (χ4v) is 5.37. The maximum atomic E-state index is 15.1. The number of aromatic amines is 1. The Labute approximate surface area is 178 Å². The van der Waals surface area contributed by atoms with Gasteiger partial charge in [0.25, 0.3) is 5.91 Å². The number of piperidine rings is 1. The average Bonchev–Trinajstić information content (AvgIpc) is 3.38. The quantitative estimate of drug-likeness (QED) is 0.528. The summed E-state index contributed by atoms with van der Waals surface area (Å²) in [5.74, 6) is -0.800. The molecule has 31 heavy (non-hydrogen) atoms. The number of benzene rings is 1. The lowest BCUT2D eigenvalue weighted by Crippen LogP contribution is -2.50. The number of carbonyl (C=O) groups is 1. The number of amides is 1. The number of aromatic nitrogens is 4. The third kappa shape index (κ3) is 2.65. The molecular formula is C24H22FN5O. The molecule has 4 aromatic rings. The first-order valence-corrected chi connectivity index (χ1v) is 10.7. The number of fused-ring (bicyclic) bond motifs is 5. The second kappa shape index (κ2) is 6.77. The number of nitrogens with zero attached hydrogens (tertiary/aromatic N) is 4. The van der Waals surface area contributed by atoms with E-state index in [-0.39, 0.29) is 23.6 Å². The number of nitrogens with one attached hydrogen (secondary N) is 1. The van der Waals surface area contributed by atoms with Crippen LogP contribution < -0.4 is 0 Å². The Morgan fingerprint density at radius 2 is 2.03 bits per heavy atom. The number of H-pyrrole nitrogens is 1. The fraction of sp³-hybridized carbons (Fsp3) is 0.292. The molecule has 7 heteroatoms. The predicted molar refractivity (Wildman–Crippen MR) is 115 cm³/mol. The van der Waals surface area contributed by atoms with Gasteiger partial charge in [0.1, 0.15) is 11.5 Å². The molecule has 0 unspecified atom stereocenters. The van der Waals surface area contributed by atoms with E-state index in [1.54, 1.807) is 12.3 Å². The van der Waals surface area contributed by atoms with Crippen molar-refractivity contribution in [3.8, 4) is 11.3 Å². The monoisotopic (exact) mass is 415 g/mol. The lowest BCUT2D eigenvalue weighted by molar-refractivity contribution is 0.0387. The Bertz CT molecular complexity index is 1310. The molecule has 0 saturated carbocycles. The van der Waals surface area contributed by atoms with E-state index < -0.39 is 5.82 Å². The van der Waals surface area contributed by atoms with Crippen molar-refractivity contribution in [3.05, 3.63) is 71.4 Å². The molecule has 6 rings (SSSR count). The van der Waals surface area contributed by atoms with E-state index in [9.17, 15) is 4.79 Å². The highest BCUT2D eigenvalue weighted by atomic mass is 19.1. The van der Waals surface area contributed by atoms with Crippen molar-refractivity contribution in [2.24, 2.45) is 7.05 Å². The Morgan fingerprint density at radius 3 is 2.87 bits per heavy atom. The summed E-state index contributed by atoms with van der Waals surface area (Å²) in [7, 11) is 1.96. The summed E-state index contributed by atoms with van der Waals surface area (Å²) in [5.41, 5.74) is 4.89. The molecule has 2 atom stereocenters. The van der Waals surface area contributed by atoms with E-state index in [0.717, 1.165) is 42.6 Å². The highest BCUT2D eigenvalue weighted by Crippen LogP contribution is 2.45. The zero-order valence-corrected chi connectivity index (χ0v) is 17.2. The third-order valence-electron chi connectivity index (χ3n) is 6.71. The zero-order valence-electron chi connectivity index (χ0n) is 17.2. The molecule has 3 aromatic heterocycles. The number of hydrogen-bond acceptors (Lipinski definition) is 3. The van der Waals surface area contributed by atoms with Crippen molar-refractivity contribution in [1.82, 2.24) is 24.6 Å². The minimum absolute atomic E-state index is 0.0339. The topological polar surface area (TPSA) is 66.8 Å². The summed E-state index contributed by atoms with van der Waals surface area (Å²) >= 11 is 0. The van der Waals surface area contributed by atoms with Crippen LogP contribution in [0.25, 0.3) is 22.3 Å². The Morgan fingerprint density at radius 1 is 1.19 bits per heavy atom. The van der Waals surface area contributed by atoms with Crippen molar-refractivity contribution in [2.45, 2.75) is 37.8 Å². The van der Waals surface area contributed by atoms with Crippen LogP contribution in [0.1, 0.15) is 46.9 Å². The predicted octanol–water partition coefficient (Wildman–Crippen LogP) is 4.39. The summed E-state index contributed by atoms with van der Waals surface area (Å²) in [6.07, 6.45) is 6.50. The first-order valence-electron chi connectivity index (χ1n) is 10.7. The number of rotatable bonds is 2. The lowest BCUT2D eigenvalue weighted by Gasteiger charge is -2.45. The minimum atomic E-state index is -0.508. The third-order valence-corrected chi connectivity index (χ3v) is 6.71. The van der Waals surface area contributed by atoms with Crippen molar-refractivity contribution >= 4 is 16.9 Å². The minimum Gasteiger partial charge on any atom is -0.346 e. The summed E-state index contributed by atoms with van der Waals surface area (Å²) in [5, 5.41) is 5.19. The molecule has 0 spiro atoms. The van der Waals surface area contributed by atoms with Gasteiger partial charge in [-0.05, 0) is 31.7 Å². The van der Waals surface area contributed by atoms with Gasteiger partial charge in [0.2, 0.25) is 0 Å². The molecular weight excluding hydrogens is 393 g/mol. The van der Waals surface area contributed by atoms with Crippen LogP contribution >= 0.6 is 0 Å². The van der Waals surface area contributed by atoms with Gasteiger partial charge in [-0.2, -0.15) is 5.10 Å². The van der Waals surface area contributed by atoms with E-state index in [4.69, 9.17) is 5.10 Å². The summed E-state index contributed by atoms with van der Waals surface area (Å²) < 4.78 is 17.1. The number of hydrogen-bond donors (Lipinski definition) is 1. The van der Waals surface area contributed by atoms with Crippen molar-refractivity contribution in [1.29, 1.82) is 0 Å². The van der Waals surface area contributed by atoms with Crippen molar-refractivity contribution in [2.75, 3.05) is 0 Å². The van der Waals surface area contributed by atoms with Gasteiger partial charge < -0.3 is 9.88 Å². The van der Waals surface area contributed by atoms with E-state index in [1.165, 1.54) is 11.8 Å². The molecule has 2 aliphatic rings. The van der Waals surface area contributed by atoms with Crippen LogP contribution in [-0.4, -0.2) is 36.6 Å². The Balaban J connectivity index is 1.45. The number of aryl methyl sites for hydroxylation is 1. The normalized spacial score (nSPS) is 20.1. The van der Waals surface area contributed by atoms with Gasteiger partial charge in [0.15, 0.2) is 0 Å². The molecule has 1 saturated heterocycles. The van der Waals surface area contributed by atoms with Gasteiger partial charge in [-0.25, -0.2) is 9.37 Å². The number of pyridine rings is 1. The van der Waals surface area contributed by atoms with Crippen molar-refractivity contribution in [3.63, 3.8) is 0 Å². The first kappa shape index (κ1) is 18.3. The highest BCUT2D eigenvalue weighted by molar-refractivity contribution is 5.98. The summed E-state index contributed by atoms with van der Waals surface area (Å²) in [6.45, 7) is 0. The van der Waals surface area contributed by atoms with Crippen LogP contribution in [-0.2, 0) is 13.5 Å². The molecule has 1 fully saturated rings. The van der Waals surface area contributed by atoms with Gasteiger partial charge in [-0.3, -0.25) is 9.48 Å². The lowest BCUT2D eigenvalue weighted by atomic mass is 9.81. The molecule has 2 bridgehead atoms. The van der Waals surface area contributed by atoms with E-state index in [1.807, 2.05) is 34.8 Å². The number of halogens is 1. The Kier molecular flexibility index (Phi) is 4.00. The maximum absolute atomic E-state index is 15.1. The smallest absolute Gasteiger partial charge is 0.259 e. The zero-order chi connectivity index (χ0) is 21.1. The SMILES string of the molecule is Cn1nc2c(c1-c1ccccc1)C[C@H]1CCC[C@@H]2N1C(=O)c1cnc2[nH]ccc2c1F. The molecule has 1 amide bonds. The van der Waals surface area contributed by atoms with Crippen LogP contribution in [0, 0.1) is 5.82 Å². The second-order valence-corrected chi connectivity index (χ2v) is 8.44. The molecule has 1 aromatic carbocycles. The molecule has 0 aliphatic carbocycles. The van der Waals surface area contributed by atoms with Crippen LogP contribution in [0.3, 0.4) is 0 Å². The van der Waals surface area contributed by atoms with E-state index in [2.05, 4.69) is 22.1 Å². The van der Waals surface area contributed by atoms with Crippen molar-refractivity contribution < 1.29 is 9.18 Å². The Hall–Kier alpha value is -3.48. The van der Waals surface area contributed by atoms with Gasteiger partial charge in [-0.15, -0.1) is 0 Å². The maximum Gasteiger partial charge on any atom is 0.259 e. The van der Waals surface area contributed by atoms with Gasteiger partial charge in [-0.1, -0.05) is 30.3 Å². The molecule has 0 radical (unpaired) electrons. The van der Waals surface area contributed by atoms with Gasteiger partial charge in [0, 0.05) is 36.6 Å². The molecule has 6 nitrogen and oxygen atoms in total.